The minimum absolute atomic E-state index is 0.0275. The second-order valence-electron chi connectivity index (χ2n) is 4.38. The Labute approximate surface area is 140 Å². The van der Waals surface area contributed by atoms with E-state index in [4.69, 9.17) is 23.2 Å². The fraction of sp³-hybridized carbons (Fsp3) is 0.0667. The van der Waals surface area contributed by atoms with Gasteiger partial charge in [-0.2, -0.15) is 0 Å². The summed E-state index contributed by atoms with van der Waals surface area (Å²) in [5.41, 5.74) is 1.08. The monoisotopic (exact) mass is 355 g/mol. The SMILES string of the molecule is O=[N+]([O-])c1ccccc1/C=C/S(=O)Cc1ccc(Cl)cc1Cl. The van der Waals surface area contributed by atoms with Crippen molar-refractivity contribution in [1.82, 2.24) is 0 Å². The highest BCUT2D eigenvalue weighted by atomic mass is 35.5. The molecule has 0 amide bonds. The Kier molecular flexibility index (Phi) is 5.71. The first kappa shape index (κ1) is 16.7. The molecule has 0 radical (unpaired) electrons. The Bertz CT molecular complexity index is 762. The Hall–Kier alpha value is -1.69. The van der Waals surface area contributed by atoms with E-state index in [9.17, 15) is 14.3 Å². The van der Waals surface area contributed by atoms with Crippen LogP contribution in [0, 0.1) is 10.1 Å². The molecule has 0 aromatic heterocycles. The molecule has 0 saturated heterocycles. The molecule has 1 unspecified atom stereocenters. The number of rotatable bonds is 5. The largest absolute Gasteiger partial charge is 0.276 e. The zero-order chi connectivity index (χ0) is 16.1. The van der Waals surface area contributed by atoms with Crippen LogP contribution in [-0.4, -0.2) is 9.13 Å². The molecular weight excluding hydrogens is 345 g/mol. The van der Waals surface area contributed by atoms with Gasteiger partial charge in [-0.05, 0) is 29.8 Å². The summed E-state index contributed by atoms with van der Waals surface area (Å²) in [5.74, 6) is 0.215. The van der Waals surface area contributed by atoms with Crippen LogP contribution in [0.15, 0.2) is 47.9 Å². The van der Waals surface area contributed by atoms with Gasteiger partial charge in [0.05, 0.1) is 27.0 Å². The van der Waals surface area contributed by atoms with Crippen LogP contribution in [0.5, 0.6) is 0 Å². The van der Waals surface area contributed by atoms with Crippen molar-refractivity contribution in [3.63, 3.8) is 0 Å². The van der Waals surface area contributed by atoms with Crippen molar-refractivity contribution in [3.05, 3.63) is 79.2 Å². The lowest BCUT2D eigenvalue weighted by atomic mass is 10.2. The number of halogens is 2. The summed E-state index contributed by atoms with van der Waals surface area (Å²) < 4.78 is 12.1. The van der Waals surface area contributed by atoms with Crippen LogP contribution in [0.4, 0.5) is 5.69 Å². The fourth-order valence-corrected chi connectivity index (χ4v) is 3.29. The molecule has 0 aliphatic heterocycles. The van der Waals surface area contributed by atoms with E-state index in [0.29, 0.717) is 21.2 Å². The summed E-state index contributed by atoms with van der Waals surface area (Å²) in [7, 11) is -1.34. The first-order valence-corrected chi connectivity index (χ1v) is 8.34. The van der Waals surface area contributed by atoms with Crippen molar-refractivity contribution < 1.29 is 9.13 Å². The van der Waals surface area contributed by atoms with Gasteiger partial charge in [0.25, 0.3) is 5.69 Å². The van der Waals surface area contributed by atoms with Crippen LogP contribution in [0.25, 0.3) is 6.08 Å². The Morgan fingerprint density at radius 1 is 1.18 bits per heavy atom. The van der Waals surface area contributed by atoms with Crippen LogP contribution in [0.3, 0.4) is 0 Å². The van der Waals surface area contributed by atoms with Gasteiger partial charge in [-0.3, -0.25) is 14.3 Å². The van der Waals surface area contributed by atoms with E-state index < -0.39 is 15.7 Å². The summed E-state index contributed by atoms with van der Waals surface area (Å²) in [6.45, 7) is 0. The minimum Gasteiger partial charge on any atom is -0.258 e. The third kappa shape index (κ3) is 4.40. The zero-order valence-electron chi connectivity index (χ0n) is 11.2. The minimum atomic E-state index is -1.34. The van der Waals surface area contributed by atoms with Crippen LogP contribution in [0.1, 0.15) is 11.1 Å². The molecule has 0 N–H and O–H groups in total. The molecule has 4 nitrogen and oxygen atoms in total. The molecule has 7 heteroatoms. The second-order valence-corrected chi connectivity index (χ2v) is 6.55. The van der Waals surface area contributed by atoms with Crippen molar-refractivity contribution in [2.24, 2.45) is 0 Å². The highest BCUT2D eigenvalue weighted by Crippen LogP contribution is 2.23. The van der Waals surface area contributed by atoms with Crippen molar-refractivity contribution in [2.45, 2.75) is 5.75 Å². The molecular formula is C15H11Cl2NO3S. The lowest BCUT2D eigenvalue weighted by Gasteiger charge is -2.02. The van der Waals surface area contributed by atoms with Crippen molar-refractivity contribution >= 4 is 45.8 Å². The van der Waals surface area contributed by atoms with E-state index in [1.807, 2.05) is 0 Å². The lowest BCUT2D eigenvalue weighted by molar-refractivity contribution is -0.385. The van der Waals surface area contributed by atoms with E-state index in [1.165, 1.54) is 17.6 Å². The van der Waals surface area contributed by atoms with Crippen molar-refractivity contribution in [2.75, 3.05) is 0 Å². The fourth-order valence-electron chi connectivity index (χ4n) is 1.78. The van der Waals surface area contributed by atoms with Gasteiger partial charge >= 0.3 is 0 Å². The number of benzene rings is 2. The van der Waals surface area contributed by atoms with Gasteiger partial charge in [0.1, 0.15) is 0 Å². The summed E-state index contributed by atoms with van der Waals surface area (Å²) in [5, 5.41) is 13.3. The maximum atomic E-state index is 12.1. The third-order valence-corrected chi connectivity index (χ3v) is 4.47. The third-order valence-electron chi connectivity index (χ3n) is 2.85. The van der Waals surface area contributed by atoms with Gasteiger partial charge in [0, 0.05) is 21.5 Å². The summed E-state index contributed by atoms with van der Waals surface area (Å²) in [6.07, 6.45) is 1.48. The van der Waals surface area contributed by atoms with E-state index in [2.05, 4.69) is 0 Å². The zero-order valence-corrected chi connectivity index (χ0v) is 13.6. The molecule has 0 aliphatic carbocycles. The summed E-state index contributed by atoms with van der Waals surface area (Å²) in [4.78, 5) is 10.4. The molecule has 2 aromatic carbocycles. The second kappa shape index (κ2) is 7.54. The van der Waals surface area contributed by atoms with Gasteiger partial charge in [-0.15, -0.1) is 0 Å². The molecule has 2 rings (SSSR count). The molecule has 2 aromatic rings. The molecule has 0 fully saturated rings. The van der Waals surface area contributed by atoms with E-state index in [-0.39, 0.29) is 11.4 Å². The van der Waals surface area contributed by atoms with Crippen molar-refractivity contribution in [3.8, 4) is 0 Å². The number of para-hydroxylation sites is 1. The number of nitrogens with zero attached hydrogens (tertiary/aromatic N) is 1. The maximum absolute atomic E-state index is 12.1. The first-order valence-electron chi connectivity index (χ1n) is 6.20. The van der Waals surface area contributed by atoms with Crippen molar-refractivity contribution in [1.29, 1.82) is 0 Å². The average molecular weight is 356 g/mol. The van der Waals surface area contributed by atoms with E-state index >= 15 is 0 Å². The summed E-state index contributed by atoms with van der Waals surface area (Å²) in [6, 6.07) is 11.2. The van der Waals surface area contributed by atoms with E-state index in [0.717, 1.165) is 0 Å². The first-order chi connectivity index (χ1) is 10.5. The van der Waals surface area contributed by atoms with Gasteiger partial charge in [-0.1, -0.05) is 41.4 Å². The molecule has 22 heavy (non-hydrogen) atoms. The molecule has 0 saturated carbocycles. The van der Waals surface area contributed by atoms with Crippen LogP contribution in [0.2, 0.25) is 10.0 Å². The molecule has 114 valence electrons. The van der Waals surface area contributed by atoms with Gasteiger partial charge < -0.3 is 0 Å². The van der Waals surface area contributed by atoms with Gasteiger partial charge in [-0.25, -0.2) is 0 Å². The Balaban J connectivity index is 2.14. The molecule has 0 heterocycles. The lowest BCUT2D eigenvalue weighted by Crippen LogP contribution is -1.94. The van der Waals surface area contributed by atoms with Crippen LogP contribution < -0.4 is 0 Å². The number of hydrogen-bond acceptors (Lipinski definition) is 3. The van der Waals surface area contributed by atoms with Crippen LogP contribution in [-0.2, 0) is 16.6 Å². The smallest absolute Gasteiger partial charge is 0.258 e. The topological polar surface area (TPSA) is 60.2 Å². The normalized spacial score (nSPS) is 12.5. The highest BCUT2D eigenvalue weighted by Gasteiger charge is 2.10. The summed E-state index contributed by atoms with van der Waals surface area (Å²) >= 11 is 11.8. The standard InChI is InChI=1S/C15H11Cl2NO3S/c16-13-6-5-12(14(17)9-13)10-22(21)8-7-11-3-1-2-4-15(11)18(19)20/h1-9H,10H2/b8-7+. The average Bonchev–Trinajstić information content (AvgIpc) is 2.48. The Morgan fingerprint density at radius 2 is 1.91 bits per heavy atom. The predicted octanol–water partition coefficient (Wildman–Crippen LogP) is 4.82. The van der Waals surface area contributed by atoms with Crippen LogP contribution >= 0.6 is 23.2 Å². The Morgan fingerprint density at radius 3 is 2.59 bits per heavy atom. The van der Waals surface area contributed by atoms with E-state index in [1.54, 1.807) is 36.4 Å². The van der Waals surface area contributed by atoms with Gasteiger partial charge in [0.15, 0.2) is 0 Å². The maximum Gasteiger partial charge on any atom is 0.276 e. The predicted molar refractivity (Wildman–Crippen MR) is 90.4 cm³/mol. The molecule has 0 spiro atoms. The molecule has 0 bridgehead atoms. The quantitative estimate of drug-likeness (QED) is 0.570. The highest BCUT2D eigenvalue weighted by molar-refractivity contribution is 7.87. The number of hydrogen-bond donors (Lipinski definition) is 0. The molecule has 1 atom stereocenters. The number of nitro benzene ring substituents is 1. The van der Waals surface area contributed by atoms with Gasteiger partial charge in [0.2, 0.25) is 0 Å². The number of nitro groups is 1. The molecule has 0 aliphatic rings.